The highest BCUT2D eigenvalue weighted by atomic mass is 32.1. The number of aryl methyl sites for hydroxylation is 1. The first-order chi connectivity index (χ1) is 17.5. The number of benzene rings is 1. The van der Waals surface area contributed by atoms with Crippen LogP contribution < -0.4 is 10.6 Å². The zero-order valence-electron chi connectivity index (χ0n) is 22.3. The smallest absolute Gasteiger partial charge is 0.246 e. The maximum absolute atomic E-state index is 13.7. The van der Waals surface area contributed by atoms with Crippen molar-refractivity contribution >= 4 is 29.1 Å². The number of thiazole rings is 1. The molecule has 4 unspecified atom stereocenters. The molecule has 2 aliphatic rings. The molecule has 1 aromatic carbocycles. The van der Waals surface area contributed by atoms with Gasteiger partial charge in [0.25, 0.3) is 0 Å². The molecule has 2 fully saturated rings. The zero-order valence-corrected chi connectivity index (χ0v) is 23.1. The first-order valence-corrected chi connectivity index (χ1v) is 13.9. The van der Waals surface area contributed by atoms with Gasteiger partial charge in [0.2, 0.25) is 17.7 Å². The van der Waals surface area contributed by atoms with Gasteiger partial charge in [0.05, 0.1) is 28.2 Å². The van der Waals surface area contributed by atoms with Crippen LogP contribution in [0, 0.1) is 18.3 Å². The average molecular weight is 527 g/mol. The van der Waals surface area contributed by atoms with Crippen LogP contribution in [-0.4, -0.2) is 57.4 Å². The summed E-state index contributed by atoms with van der Waals surface area (Å²) in [5, 5.41) is 16.4. The van der Waals surface area contributed by atoms with Crippen LogP contribution in [0.25, 0.3) is 10.4 Å². The second kappa shape index (κ2) is 10.9. The van der Waals surface area contributed by atoms with Crippen LogP contribution >= 0.6 is 11.3 Å². The van der Waals surface area contributed by atoms with Gasteiger partial charge in [-0.3, -0.25) is 14.4 Å². The Labute approximate surface area is 222 Å². The van der Waals surface area contributed by atoms with Crippen molar-refractivity contribution in [1.82, 2.24) is 20.5 Å². The molecule has 1 aromatic heterocycles. The topological polar surface area (TPSA) is 112 Å². The van der Waals surface area contributed by atoms with Crippen LogP contribution in [-0.2, 0) is 14.4 Å². The predicted octanol–water partition coefficient (Wildman–Crippen LogP) is 3.59. The lowest BCUT2D eigenvalue weighted by Gasteiger charge is -2.38. The Morgan fingerprint density at radius 3 is 2.35 bits per heavy atom. The molecule has 9 heteroatoms. The molecule has 8 nitrogen and oxygen atoms in total. The molecule has 4 rings (SSSR count). The minimum absolute atomic E-state index is 0.0554. The first kappa shape index (κ1) is 27.3. The maximum Gasteiger partial charge on any atom is 0.246 e. The molecule has 1 aliphatic carbocycles. The van der Waals surface area contributed by atoms with E-state index in [4.69, 9.17) is 0 Å². The lowest BCUT2D eigenvalue weighted by Crippen LogP contribution is -2.58. The normalized spacial score (nSPS) is 21.7. The van der Waals surface area contributed by atoms with Gasteiger partial charge in [-0.05, 0) is 43.7 Å². The maximum atomic E-state index is 13.7. The quantitative estimate of drug-likeness (QED) is 0.511. The van der Waals surface area contributed by atoms with Crippen LogP contribution in [0.5, 0.6) is 0 Å². The molecule has 200 valence electrons. The third-order valence-corrected chi connectivity index (χ3v) is 8.47. The standard InChI is InChI=1S/C28H38N4O4S/c1-16(18-9-11-20(12-10-18)24-17(2)29-15-37-24)30-25(34)22-13-21(33)14-32(22)26(35)23(19-7-6-8-19)31-27(36)28(3,4)5/h9-12,15-16,19,21-23,33H,6-8,13-14H2,1-5H3,(H,30,34)(H,31,36). The van der Waals surface area contributed by atoms with Crippen molar-refractivity contribution in [2.75, 3.05) is 6.54 Å². The lowest BCUT2D eigenvalue weighted by atomic mass is 9.78. The van der Waals surface area contributed by atoms with Crippen molar-refractivity contribution in [3.05, 3.63) is 41.0 Å². The summed E-state index contributed by atoms with van der Waals surface area (Å²) in [6.07, 6.45) is 2.14. The number of amides is 3. The number of likely N-dealkylation sites (tertiary alicyclic amines) is 1. The van der Waals surface area contributed by atoms with Gasteiger partial charge in [-0.2, -0.15) is 0 Å². The molecule has 1 saturated heterocycles. The van der Waals surface area contributed by atoms with E-state index in [0.717, 1.165) is 41.0 Å². The highest BCUT2D eigenvalue weighted by molar-refractivity contribution is 7.13. The van der Waals surface area contributed by atoms with Crippen molar-refractivity contribution in [3.63, 3.8) is 0 Å². The Kier molecular flexibility index (Phi) is 8.04. The summed E-state index contributed by atoms with van der Waals surface area (Å²) in [5.74, 6) is -0.714. The lowest BCUT2D eigenvalue weighted by molar-refractivity contribution is -0.145. The number of hydrogen-bond acceptors (Lipinski definition) is 6. The number of aliphatic hydroxyl groups excluding tert-OH is 1. The molecule has 1 saturated carbocycles. The average Bonchev–Trinajstić information content (AvgIpc) is 3.41. The molecule has 0 spiro atoms. The van der Waals surface area contributed by atoms with Gasteiger partial charge >= 0.3 is 0 Å². The number of nitrogens with zero attached hydrogens (tertiary/aromatic N) is 2. The van der Waals surface area contributed by atoms with Gasteiger partial charge in [-0.25, -0.2) is 4.98 Å². The van der Waals surface area contributed by atoms with Crippen molar-refractivity contribution in [1.29, 1.82) is 0 Å². The second-order valence-electron chi connectivity index (χ2n) is 11.4. The third kappa shape index (κ3) is 6.04. The van der Waals surface area contributed by atoms with Gasteiger partial charge in [0.1, 0.15) is 12.1 Å². The van der Waals surface area contributed by atoms with Crippen molar-refractivity contribution in [2.24, 2.45) is 11.3 Å². The van der Waals surface area contributed by atoms with Gasteiger partial charge < -0.3 is 20.6 Å². The van der Waals surface area contributed by atoms with Crippen LogP contribution in [0.2, 0.25) is 0 Å². The van der Waals surface area contributed by atoms with Gasteiger partial charge in [-0.15, -0.1) is 11.3 Å². The van der Waals surface area contributed by atoms with Crippen molar-refractivity contribution in [2.45, 2.75) is 84.5 Å². The summed E-state index contributed by atoms with van der Waals surface area (Å²) < 4.78 is 0. The molecule has 1 aliphatic heterocycles. The number of nitrogens with one attached hydrogen (secondary N) is 2. The van der Waals surface area contributed by atoms with Crippen LogP contribution in [0.15, 0.2) is 29.8 Å². The molecule has 2 aromatic rings. The van der Waals surface area contributed by atoms with E-state index in [1.165, 1.54) is 4.90 Å². The molecule has 0 radical (unpaired) electrons. The monoisotopic (exact) mass is 526 g/mol. The van der Waals surface area contributed by atoms with E-state index >= 15 is 0 Å². The molecule has 4 atom stereocenters. The second-order valence-corrected chi connectivity index (χ2v) is 12.3. The number of hydrogen-bond donors (Lipinski definition) is 3. The van der Waals surface area contributed by atoms with E-state index in [9.17, 15) is 19.5 Å². The van der Waals surface area contributed by atoms with Crippen LogP contribution in [0.3, 0.4) is 0 Å². The van der Waals surface area contributed by atoms with Crippen molar-refractivity contribution < 1.29 is 19.5 Å². The number of rotatable bonds is 7. The Hall–Kier alpha value is -2.78. The number of carbonyl (C=O) groups is 3. The van der Waals surface area contributed by atoms with E-state index < -0.39 is 23.6 Å². The van der Waals surface area contributed by atoms with Gasteiger partial charge in [-0.1, -0.05) is 51.5 Å². The minimum atomic E-state index is -0.780. The van der Waals surface area contributed by atoms with Crippen LogP contribution in [0.4, 0.5) is 0 Å². The molecule has 3 amide bonds. The number of aromatic nitrogens is 1. The Morgan fingerprint density at radius 1 is 1.14 bits per heavy atom. The van der Waals surface area contributed by atoms with E-state index in [1.54, 1.807) is 11.3 Å². The summed E-state index contributed by atoms with van der Waals surface area (Å²) in [7, 11) is 0. The fourth-order valence-corrected chi connectivity index (χ4v) is 5.70. The summed E-state index contributed by atoms with van der Waals surface area (Å²) >= 11 is 1.59. The molecular formula is C28H38N4O4S. The number of β-amino-alcohol motifs (C(OH)–C–C–N with tert-alkyl or cyclic N) is 1. The number of aliphatic hydroxyl groups is 1. The molecule has 2 heterocycles. The summed E-state index contributed by atoms with van der Waals surface area (Å²) in [6, 6.07) is 6.28. The third-order valence-electron chi connectivity index (χ3n) is 7.50. The SMILES string of the molecule is Cc1ncsc1-c1ccc(C(C)NC(=O)C2CC(O)CN2C(=O)C(NC(=O)C(C)(C)C)C2CCC2)cc1. The van der Waals surface area contributed by atoms with E-state index in [0.29, 0.717) is 0 Å². The molecule has 37 heavy (non-hydrogen) atoms. The predicted molar refractivity (Wildman–Crippen MR) is 144 cm³/mol. The van der Waals surface area contributed by atoms with E-state index in [2.05, 4.69) is 15.6 Å². The highest BCUT2D eigenvalue weighted by Crippen LogP contribution is 2.33. The fraction of sp³-hybridized carbons (Fsp3) is 0.571. The van der Waals surface area contributed by atoms with Gasteiger partial charge in [0.15, 0.2) is 0 Å². The summed E-state index contributed by atoms with van der Waals surface area (Å²) in [4.78, 5) is 46.6. The first-order valence-electron chi connectivity index (χ1n) is 13.1. The van der Waals surface area contributed by atoms with E-state index in [1.807, 2.05) is 64.4 Å². The number of carbonyl (C=O) groups excluding carboxylic acids is 3. The van der Waals surface area contributed by atoms with Crippen molar-refractivity contribution in [3.8, 4) is 10.4 Å². The zero-order chi connectivity index (χ0) is 26.9. The Bertz CT molecular complexity index is 1140. The minimum Gasteiger partial charge on any atom is -0.391 e. The van der Waals surface area contributed by atoms with Crippen LogP contribution in [0.1, 0.15) is 70.7 Å². The van der Waals surface area contributed by atoms with E-state index in [-0.39, 0.29) is 42.6 Å². The largest absolute Gasteiger partial charge is 0.391 e. The summed E-state index contributed by atoms with van der Waals surface area (Å²) in [5.41, 5.74) is 4.21. The molecule has 3 N–H and O–H groups in total. The van der Waals surface area contributed by atoms with Gasteiger partial charge in [0, 0.05) is 18.4 Å². The summed E-state index contributed by atoms with van der Waals surface area (Å²) in [6.45, 7) is 9.41. The molecule has 0 bridgehead atoms. The fourth-order valence-electron chi connectivity index (χ4n) is 4.89. The Balaban J connectivity index is 1.45. The highest BCUT2D eigenvalue weighted by Gasteiger charge is 2.45. The molecular weight excluding hydrogens is 488 g/mol. The Morgan fingerprint density at radius 2 is 1.81 bits per heavy atom.